The van der Waals surface area contributed by atoms with Gasteiger partial charge in [-0.1, -0.05) is 47.7 Å². The van der Waals surface area contributed by atoms with Gasteiger partial charge < -0.3 is 5.32 Å². The standard InChI is InChI=1S/C21H16F3N3O/c1-15-9-11-17(12-10-15)27-19(21(22,23)24)18(14-26-27)20(28)25-13-5-8-16-6-3-2-4-7-16/h2-4,6-7,9-12,14H,13H2,1H3,(H,25,28). The highest BCUT2D eigenvalue weighted by Crippen LogP contribution is 2.33. The molecule has 28 heavy (non-hydrogen) atoms. The number of nitrogens with zero attached hydrogens (tertiary/aromatic N) is 2. The summed E-state index contributed by atoms with van der Waals surface area (Å²) in [4.78, 5) is 12.3. The smallest absolute Gasteiger partial charge is 0.341 e. The first-order chi connectivity index (χ1) is 13.4. The maximum atomic E-state index is 13.6. The molecule has 0 spiro atoms. The first kappa shape index (κ1) is 19.2. The lowest BCUT2D eigenvalue weighted by molar-refractivity contribution is -0.143. The van der Waals surface area contributed by atoms with Gasteiger partial charge in [0.15, 0.2) is 5.69 Å². The summed E-state index contributed by atoms with van der Waals surface area (Å²) in [5, 5.41) is 6.17. The zero-order chi connectivity index (χ0) is 20.1. The molecule has 2 aromatic carbocycles. The van der Waals surface area contributed by atoms with E-state index in [1.807, 2.05) is 25.1 Å². The van der Waals surface area contributed by atoms with Crippen LogP contribution >= 0.6 is 0 Å². The SMILES string of the molecule is Cc1ccc(-n2ncc(C(=O)NCC#Cc3ccccc3)c2C(F)(F)F)cc1. The summed E-state index contributed by atoms with van der Waals surface area (Å²) in [6.45, 7) is 1.74. The van der Waals surface area contributed by atoms with E-state index in [0.717, 1.165) is 22.0 Å². The molecule has 3 rings (SSSR count). The molecular weight excluding hydrogens is 367 g/mol. The molecule has 0 fully saturated rings. The van der Waals surface area contributed by atoms with Crippen molar-refractivity contribution in [3.05, 3.63) is 83.2 Å². The molecule has 0 aliphatic rings. The van der Waals surface area contributed by atoms with Crippen molar-refractivity contribution < 1.29 is 18.0 Å². The average molecular weight is 383 g/mol. The van der Waals surface area contributed by atoms with Gasteiger partial charge in [-0.2, -0.15) is 18.3 Å². The van der Waals surface area contributed by atoms with Crippen LogP contribution in [0.25, 0.3) is 5.69 Å². The molecule has 0 radical (unpaired) electrons. The Morgan fingerprint density at radius 2 is 1.79 bits per heavy atom. The van der Waals surface area contributed by atoms with Crippen molar-refractivity contribution in [3.63, 3.8) is 0 Å². The van der Waals surface area contributed by atoms with E-state index in [1.54, 1.807) is 24.3 Å². The van der Waals surface area contributed by atoms with Gasteiger partial charge in [0.25, 0.3) is 5.91 Å². The number of rotatable bonds is 3. The number of halogens is 3. The molecule has 0 saturated heterocycles. The van der Waals surface area contributed by atoms with Gasteiger partial charge in [0.1, 0.15) is 0 Å². The van der Waals surface area contributed by atoms with Crippen molar-refractivity contribution >= 4 is 5.91 Å². The Kier molecular flexibility index (Phi) is 5.50. The van der Waals surface area contributed by atoms with E-state index in [1.165, 1.54) is 12.1 Å². The maximum Gasteiger partial charge on any atom is 0.434 e. The van der Waals surface area contributed by atoms with Crippen molar-refractivity contribution in [1.82, 2.24) is 15.1 Å². The van der Waals surface area contributed by atoms with E-state index in [0.29, 0.717) is 0 Å². The van der Waals surface area contributed by atoms with Gasteiger partial charge in [-0.25, -0.2) is 4.68 Å². The molecule has 0 saturated carbocycles. The van der Waals surface area contributed by atoms with Crippen molar-refractivity contribution in [1.29, 1.82) is 0 Å². The fourth-order valence-corrected chi connectivity index (χ4v) is 2.56. The number of amides is 1. The van der Waals surface area contributed by atoms with Gasteiger partial charge in [-0.05, 0) is 31.2 Å². The van der Waals surface area contributed by atoms with E-state index in [9.17, 15) is 18.0 Å². The van der Waals surface area contributed by atoms with Crippen LogP contribution in [0.15, 0.2) is 60.8 Å². The summed E-state index contributed by atoms with van der Waals surface area (Å²) in [7, 11) is 0. The minimum atomic E-state index is -4.75. The Hall–Kier alpha value is -3.53. The van der Waals surface area contributed by atoms with Crippen LogP contribution in [-0.2, 0) is 6.18 Å². The number of hydrogen-bond donors (Lipinski definition) is 1. The Balaban J connectivity index is 1.82. The van der Waals surface area contributed by atoms with E-state index < -0.39 is 23.3 Å². The molecule has 1 heterocycles. The highest BCUT2D eigenvalue weighted by Gasteiger charge is 2.40. The van der Waals surface area contributed by atoms with Gasteiger partial charge in [-0.3, -0.25) is 4.79 Å². The van der Waals surface area contributed by atoms with E-state index in [4.69, 9.17) is 0 Å². The van der Waals surface area contributed by atoms with Crippen molar-refractivity contribution in [3.8, 4) is 17.5 Å². The molecular formula is C21H16F3N3O. The Morgan fingerprint density at radius 1 is 1.11 bits per heavy atom. The van der Waals surface area contributed by atoms with Crippen LogP contribution in [0.2, 0.25) is 0 Å². The zero-order valence-electron chi connectivity index (χ0n) is 14.9. The van der Waals surface area contributed by atoms with E-state index in [2.05, 4.69) is 22.3 Å². The van der Waals surface area contributed by atoms with Crippen molar-refractivity contribution in [2.24, 2.45) is 0 Å². The monoisotopic (exact) mass is 383 g/mol. The van der Waals surface area contributed by atoms with Crippen molar-refractivity contribution in [2.75, 3.05) is 6.54 Å². The molecule has 3 aromatic rings. The minimum Gasteiger partial charge on any atom is -0.341 e. The summed E-state index contributed by atoms with van der Waals surface area (Å²) in [5.41, 5.74) is 0.208. The van der Waals surface area contributed by atoms with Gasteiger partial charge in [-0.15, -0.1) is 0 Å². The number of benzene rings is 2. The minimum absolute atomic E-state index is 0.0826. The average Bonchev–Trinajstić information content (AvgIpc) is 3.12. The van der Waals surface area contributed by atoms with E-state index >= 15 is 0 Å². The summed E-state index contributed by atoms with van der Waals surface area (Å²) in [6, 6.07) is 15.5. The third kappa shape index (κ3) is 4.41. The molecule has 0 aliphatic heterocycles. The Bertz CT molecular complexity index is 1030. The quantitative estimate of drug-likeness (QED) is 0.696. The lowest BCUT2D eigenvalue weighted by Gasteiger charge is -2.12. The third-order valence-electron chi connectivity index (χ3n) is 3.90. The number of carbonyl (C=O) groups excluding carboxylic acids is 1. The molecule has 142 valence electrons. The first-order valence-corrected chi connectivity index (χ1v) is 8.40. The highest BCUT2D eigenvalue weighted by atomic mass is 19.4. The molecule has 1 amide bonds. The summed E-state index contributed by atoms with van der Waals surface area (Å²) in [6.07, 6.45) is -3.83. The Morgan fingerprint density at radius 3 is 2.43 bits per heavy atom. The summed E-state index contributed by atoms with van der Waals surface area (Å²) < 4.78 is 41.6. The molecule has 0 aliphatic carbocycles. The number of nitrogens with one attached hydrogen (secondary N) is 1. The summed E-state index contributed by atoms with van der Waals surface area (Å²) in [5.74, 6) is 4.66. The molecule has 1 aromatic heterocycles. The van der Waals surface area contributed by atoms with E-state index in [-0.39, 0.29) is 12.2 Å². The first-order valence-electron chi connectivity index (χ1n) is 8.40. The lowest BCUT2D eigenvalue weighted by Crippen LogP contribution is -2.27. The Labute approximate surface area is 160 Å². The molecule has 0 atom stereocenters. The number of carbonyl (C=O) groups is 1. The number of aryl methyl sites for hydroxylation is 1. The molecule has 4 nitrogen and oxygen atoms in total. The van der Waals surface area contributed by atoms with Gasteiger partial charge in [0.05, 0.1) is 24.0 Å². The molecule has 0 bridgehead atoms. The maximum absolute atomic E-state index is 13.6. The molecule has 0 unspecified atom stereocenters. The number of alkyl halides is 3. The second kappa shape index (κ2) is 8.01. The zero-order valence-corrected chi connectivity index (χ0v) is 14.9. The second-order valence-electron chi connectivity index (χ2n) is 6.00. The van der Waals surface area contributed by atoms with Crippen LogP contribution < -0.4 is 5.32 Å². The van der Waals surface area contributed by atoms with Crippen LogP contribution in [0.4, 0.5) is 13.2 Å². The van der Waals surface area contributed by atoms with Crippen LogP contribution in [0.5, 0.6) is 0 Å². The number of hydrogen-bond acceptors (Lipinski definition) is 2. The van der Waals surface area contributed by atoms with Crippen LogP contribution in [-0.4, -0.2) is 22.2 Å². The van der Waals surface area contributed by atoms with Crippen molar-refractivity contribution in [2.45, 2.75) is 13.1 Å². The lowest BCUT2D eigenvalue weighted by atomic mass is 10.2. The largest absolute Gasteiger partial charge is 0.434 e. The fourth-order valence-electron chi connectivity index (χ4n) is 2.56. The van der Waals surface area contributed by atoms with Gasteiger partial charge in [0, 0.05) is 5.56 Å². The van der Waals surface area contributed by atoms with Gasteiger partial charge >= 0.3 is 6.18 Å². The normalized spacial score (nSPS) is 10.9. The third-order valence-corrected chi connectivity index (χ3v) is 3.90. The van der Waals surface area contributed by atoms with Crippen LogP contribution in [0.1, 0.15) is 27.2 Å². The predicted octanol–water partition coefficient (Wildman–Crippen LogP) is 3.98. The predicted molar refractivity (Wildman–Crippen MR) is 99.0 cm³/mol. The van der Waals surface area contributed by atoms with Gasteiger partial charge in [0.2, 0.25) is 0 Å². The highest BCUT2D eigenvalue weighted by molar-refractivity contribution is 5.95. The van der Waals surface area contributed by atoms with Crippen LogP contribution in [0, 0.1) is 18.8 Å². The fraction of sp³-hybridized carbons (Fsp3) is 0.143. The molecule has 7 heteroatoms. The van der Waals surface area contributed by atoms with Crippen LogP contribution in [0.3, 0.4) is 0 Å². The molecule has 1 N–H and O–H groups in total. The summed E-state index contributed by atoms with van der Waals surface area (Å²) >= 11 is 0. The second-order valence-corrected chi connectivity index (χ2v) is 6.00. The number of aromatic nitrogens is 2. The topological polar surface area (TPSA) is 46.9 Å².